The normalized spacial score (nSPS) is 12.0. The van der Waals surface area contributed by atoms with Crippen LogP contribution in [0.1, 0.15) is 17.0 Å². The summed E-state index contributed by atoms with van der Waals surface area (Å²) in [6.45, 7) is 0.293. The SMILES string of the molecule is COc1cccc(Cc2nnc(NC(=O)CC(CN)OC)s2)c1. The van der Waals surface area contributed by atoms with Crippen molar-refractivity contribution in [3.05, 3.63) is 34.8 Å². The number of hydrogen-bond donors (Lipinski definition) is 2. The van der Waals surface area contributed by atoms with Gasteiger partial charge in [-0.1, -0.05) is 23.5 Å². The molecule has 2 aromatic rings. The number of hydrogen-bond acceptors (Lipinski definition) is 7. The fourth-order valence-electron chi connectivity index (χ4n) is 1.97. The smallest absolute Gasteiger partial charge is 0.228 e. The van der Waals surface area contributed by atoms with Gasteiger partial charge >= 0.3 is 0 Å². The lowest BCUT2D eigenvalue weighted by atomic mass is 10.1. The molecule has 0 saturated heterocycles. The van der Waals surface area contributed by atoms with Gasteiger partial charge in [-0.15, -0.1) is 10.2 Å². The molecular weight excluding hydrogens is 316 g/mol. The topological polar surface area (TPSA) is 99.4 Å². The molecule has 3 N–H and O–H groups in total. The van der Waals surface area contributed by atoms with E-state index in [1.165, 1.54) is 18.4 Å². The number of aromatic nitrogens is 2. The van der Waals surface area contributed by atoms with Crippen LogP contribution in [0.5, 0.6) is 5.75 Å². The highest BCUT2D eigenvalue weighted by atomic mass is 32.1. The van der Waals surface area contributed by atoms with Crippen LogP contribution in [0, 0.1) is 0 Å². The quantitative estimate of drug-likeness (QED) is 0.757. The molecule has 124 valence electrons. The van der Waals surface area contributed by atoms with Gasteiger partial charge in [0.1, 0.15) is 10.8 Å². The van der Waals surface area contributed by atoms with E-state index >= 15 is 0 Å². The van der Waals surface area contributed by atoms with Gasteiger partial charge in [-0.3, -0.25) is 4.79 Å². The number of carbonyl (C=O) groups excluding carboxylic acids is 1. The fraction of sp³-hybridized carbons (Fsp3) is 0.400. The van der Waals surface area contributed by atoms with E-state index in [4.69, 9.17) is 15.2 Å². The average Bonchev–Trinajstić information content (AvgIpc) is 2.99. The largest absolute Gasteiger partial charge is 0.497 e. The van der Waals surface area contributed by atoms with Gasteiger partial charge in [-0.25, -0.2) is 0 Å². The molecule has 7 nitrogen and oxygen atoms in total. The zero-order valence-corrected chi connectivity index (χ0v) is 13.9. The molecule has 23 heavy (non-hydrogen) atoms. The Balaban J connectivity index is 1.93. The fourth-order valence-corrected chi connectivity index (χ4v) is 2.76. The van der Waals surface area contributed by atoms with Crippen LogP contribution >= 0.6 is 11.3 Å². The molecule has 0 aliphatic carbocycles. The van der Waals surface area contributed by atoms with E-state index in [0.717, 1.165) is 16.3 Å². The molecule has 0 saturated carbocycles. The Morgan fingerprint density at radius 1 is 1.39 bits per heavy atom. The number of benzene rings is 1. The molecular formula is C15H20N4O3S. The monoisotopic (exact) mass is 336 g/mol. The predicted octanol–water partition coefficient (Wildman–Crippen LogP) is 1.44. The molecule has 1 aromatic carbocycles. The minimum absolute atomic E-state index is 0.189. The van der Waals surface area contributed by atoms with Gasteiger partial charge < -0.3 is 20.5 Å². The lowest BCUT2D eigenvalue weighted by Crippen LogP contribution is -2.28. The standard InChI is InChI=1S/C15H20N4O3S/c1-21-11-5-3-4-10(6-11)7-14-18-19-15(23-14)17-13(20)8-12(9-16)22-2/h3-6,12H,7-9,16H2,1-2H3,(H,17,19,20). The Labute approximate surface area is 138 Å². The highest BCUT2D eigenvalue weighted by molar-refractivity contribution is 7.15. The maximum Gasteiger partial charge on any atom is 0.228 e. The van der Waals surface area contributed by atoms with Crippen molar-refractivity contribution in [3.8, 4) is 5.75 Å². The molecule has 8 heteroatoms. The Morgan fingerprint density at radius 3 is 2.91 bits per heavy atom. The number of nitrogens with two attached hydrogens (primary N) is 1. The molecule has 2 rings (SSSR count). The summed E-state index contributed by atoms with van der Waals surface area (Å²) in [6.07, 6.45) is 0.533. The summed E-state index contributed by atoms with van der Waals surface area (Å²) in [6, 6.07) is 7.76. The van der Waals surface area contributed by atoms with Crippen molar-refractivity contribution < 1.29 is 14.3 Å². The molecule has 0 aliphatic heterocycles. The molecule has 0 radical (unpaired) electrons. The van der Waals surface area contributed by atoms with Crippen LogP contribution in [0.2, 0.25) is 0 Å². The summed E-state index contributed by atoms with van der Waals surface area (Å²) in [5, 5.41) is 12.1. The molecule has 0 spiro atoms. The Kier molecular flexibility index (Phi) is 6.45. The van der Waals surface area contributed by atoms with E-state index in [9.17, 15) is 4.79 Å². The third kappa shape index (κ3) is 5.27. The van der Waals surface area contributed by atoms with E-state index in [1.807, 2.05) is 24.3 Å². The first-order valence-corrected chi connectivity index (χ1v) is 7.94. The Hall–Kier alpha value is -2.03. The summed E-state index contributed by atoms with van der Waals surface area (Å²) in [7, 11) is 3.16. The number of nitrogens with zero attached hydrogens (tertiary/aromatic N) is 2. The molecule has 0 fully saturated rings. The number of rotatable bonds is 8. The van der Waals surface area contributed by atoms with Crippen molar-refractivity contribution in [2.45, 2.75) is 18.9 Å². The number of carbonyl (C=O) groups is 1. The van der Waals surface area contributed by atoms with Crippen LogP contribution in [-0.2, 0) is 16.0 Å². The molecule has 1 amide bonds. The zero-order valence-electron chi connectivity index (χ0n) is 13.1. The van der Waals surface area contributed by atoms with Crippen LogP contribution in [0.25, 0.3) is 0 Å². The first kappa shape index (κ1) is 17.3. The minimum atomic E-state index is -0.292. The second kappa shape index (κ2) is 8.56. The number of methoxy groups -OCH3 is 2. The number of ether oxygens (including phenoxy) is 2. The van der Waals surface area contributed by atoms with E-state index < -0.39 is 0 Å². The number of nitrogens with one attached hydrogen (secondary N) is 1. The number of anilines is 1. The highest BCUT2D eigenvalue weighted by Gasteiger charge is 2.14. The maximum atomic E-state index is 11.9. The number of amides is 1. The van der Waals surface area contributed by atoms with Crippen molar-refractivity contribution in [2.24, 2.45) is 5.73 Å². The second-order valence-corrected chi connectivity index (χ2v) is 5.94. The van der Waals surface area contributed by atoms with Crippen LogP contribution in [0.3, 0.4) is 0 Å². The Bertz CT molecular complexity index is 643. The highest BCUT2D eigenvalue weighted by Crippen LogP contribution is 2.21. The maximum absolute atomic E-state index is 11.9. The lowest BCUT2D eigenvalue weighted by molar-refractivity contribution is -0.118. The average molecular weight is 336 g/mol. The van der Waals surface area contributed by atoms with Gasteiger partial charge in [0, 0.05) is 20.1 Å². The van der Waals surface area contributed by atoms with E-state index in [0.29, 0.717) is 18.1 Å². The summed E-state index contributed by atoms with van der Waals surface area (Å²) in [5.41, 5.74) is 6.57. The third-order valence-electron chi connectivity index (χ3n) is 3.21. The molecule has 1 atom stereocenters. The summed E-state index contributed by atoms with van der Waals surface area (Å²) >= 11 is 1.34. The van der Waals surface area contributed by atoms with Crippen LogP contribution in [-0.4, -0.2) is 43.0 Å². The van der Waals surface area contributed by atoms with Crippen LogP contribution in [0.4, 0.5) is 5.13 Å². The van der Waals surface area contributed by atoms with E-state index in [-0.39, 0.29) is 18.4 Å². The minimum Gasteiger partial charge on any atom is -0.497 e. The molecule has 1 aromatic heterocycles. The summed E-state index contributed by atoms with van der Waals surface area (Å²) < 4.78 is 10.3. The summed E-state index contributed by atoms with van der Waals surface area (Å²) in [5.74, 6) is 0.610. The first-order chi connectivity index (χ1) is 11.1. The van der Waals surface area contributed by atoms with Gasteiger partial charge in [0.15, 0.2) is 0 Å². The second-order valence-electron chi connectivity index (χ2n) is 4.87. The van der Waals surface area contributed by atoms with Gasteiger partial charge in [0.2, 0.25) is 11.0 Å². The van der Waals surface area contributed by atoms with Gasteiger partial charge in [0.05, 0.1) is 19.6 Å². The molecule has 1 heterocycles. The van der Waals surface area contributed by atoms with E-state index in [2.05, 4.69) is 15.5 Å². The van der Waals surface area contributed by atoms with Crippen LogP contribution in [0.15, 0.2) is 24.3 Å². The molecule has 0 bridgehead atoms. The van der Waals surface area contributed by atoms with Gasteiger partial charge in [-0.2, -0.15) is 0 Å². The van der Waals surface area contributed by atoms with Crippen molar-refractivity contribution >= 4 is 22.4 Å². The molecule has 1 unspecified atom stereocenters. The van der Waals surface area contributed by atoms with Crippen LogP contribution < -0.4 is 15.8 Å². The van der Waals surface area contributed by atoms with Crippen molar-refractivity contribution in [1.29, 1.82) is 0 Å². The Morgan fingerprint density at radius 2 is 2.22 bits per heavy atom. The first-order valence-electron chi connectivity index (χ1n) is 7.12. The third-order valence-corrected chi connectivity index (χ3v) is 4.05. The lowest BCUT2D eigenvalue weighted by Gasteiger charge is -2.11. The van der Waals surface area contributed by atoms with Gasteiger partial charge in [-0.05, 0) is 17.7 Å². The van der Waals surface area contributed by atoms with Crippen molar-refractivity contribution in [2.75, 3.05) is 26.1 Å². The zero-order chi connectivity index (χ0) is 16.7. The molecule has 0 aliphatic rings. The summed E-state index contributed by atoms with van der Waals surface area (Å²) in [4.78, 5) is 11.9. The predicted molar refractivity (Wildman–Crippen MR) is 88.8 cm³/mol. The van der Waals surface area contributed by atoms with Crippen molar-refractivity contribution in [3.63, 3.8) is 0 Å². The van der Waals surface area contributed by atoms with Crippen molar-refractivity contribution in [1.82, 2.24) is 10.2 Å². The van der Waals surface area contributed by atoms with Gasteiger partial charge in [0.25, 0.3) is 0 Å². The van der Waals surface area contributed by atoms with E-state index in [1.54, 1.807) is 7.11 Å².